The van der Waals surface area contributed by atoms with Crippen LogP contribution in [0.15, 0.2) is 22.2 Å². The summed E-state index contributed by atoms with van der Waals surface area (Å²) in [4.78, 5) is 28.8. The molecule has 0 atom stereocenters. The molecule has 0 fully saturated rings. The molecule has 0 radical (unpaired) electrons. The Morgan fingerprint density at radius 1 is 1.32 bits per heavy atom. The third-order valence-electron chi connectivity index (χ3n) is 3.47. The molecular formula is C14H21N5O3. The van der Waals surface area contributed by atoms with Gasteiger partial charge >= 0.3 is 5.69 Å². The van der Waals surface area contributed by atoms with Crippen LogP contribution < -0.4 is 16.6 Å². The van der Waals surface area contributed by atoms with E-state index in [-0.39, 0.29) is 5.56 Å². The molecule has 8 nitrogen and oxygen atoms in total. The molecule has 0 aromatic carbocycles. The van der Waals surface area contributed by atoms with E-state index in [2.05, 4.69) is 16.9 Å². The third-order valence-corrected chi connectivity index (χ3v) is 3.47. The summed E-state index contributed by atoms with van der Waals surface area (Å²) in [6.45, 7) is 5.43. The lowest BCUT2D eigenvalue weighted by atomic mass is 10.4. The van der Waals surface area contributed by atoms with Gasteiger partial charge in [0.05, 0.1) is 0 Å². The van der Waals surface area contributed by atoms with Crippen LogP contribution in [0.4, 0.5) is 5.95 Å². The molecule has 1 N–H and O–H groups in total. The minimum atomic E-state index is -0.397. The number of aryl methyl sites for hydroxylation is 1. The molecule has 0 amide bonds. The fourth-order valence-electron chi connectivity index (χ4n) is 2.31. The van der Waals surface area contributed by atoms with E-state index in [9.17, 15) is 9.59 Å². The number of fused-ring (bicyclic) bond motifs is 1. The fraction of sp³-hybridized carbons (Fsp3) is 0.500. The summed E-state index contributed by atoms with van der Waals surface area (Å²) in [5, 5.41) is 3.18. The highest BCUT2D eigenvalue weighted by Gasteiger charge is 2.18. The number of aromatic nitrogens is 4. The molecule has 0 aliphatic rings. The summed E-state index contributed by atoms with van der Waals surface area (Å²) in [6, 6.07) is 0. The van der Waals surface area contributed by atoms with Crippen molar-refractivity contribution >= 4 is 17.1 Å². The maximum Gasteiger partial charge on any atom is 0.332 e. The summed E-state index contributed by atoms with van der Waals surface area (Å²) in [6.07, 6.45) is 2.50. The second kappa shape index (κ2) is 6.61. The van der Waals surface area contributed by atoms with Crippen molar-refractivity contribution in [3.05, 3.63) is 33.5 Å². The van der Waals surface area contributed by atoms with Crippen molar-refractivity contribution in [3.63, 3.8) is 0 Å². The van der Waals surface area contributed by atoms with Gasteiger partial charge in [-0.25, -0.2) is 4.79 Å². The molecule has 2 heterocycles. The van der Waals surface area contributed by atoms with Crippen LogP contribution in [0, 0.1) is 0 Å². The molecule has 8 heteroatoms. The number of allylic oxidation sites excluding steroid dienone is 1. The van der Waals surface area contributed by atoms with Crippen molar-refractivity contribution in [2.24, 2.45) is 14.1 Å². The summed E-state index contributed by atoms with van der Waals surface area (Å²) in [5.74, 6) is 0.546. The largest absolute Gasteiger partial charge is 0.385 e. The first-order valence-corrected chi connectivity index (χ1v) is 7.02. The van der Waals surface area contributed by atoms with Gasteiger partial charge in [-0.3, -0.25) is 13.9 Å². The topological polar surface area (TPSA) is 83.1 Å². The van der Waals surface area contributed by atoms with E-state index in [1.54, 1.807) is 24.8 Å². The van der Waals surface area contributed by atoms with Crippen LogP contribution in [0.1, 0.15) is 6.42 Å². The molecule has 2 aromatic rings. The Hall–Kier alpha value is -2.35. The number of methoxy groups -OCH3 is 1. The molecule has 0 spiro atoms. The Morgan fingerprint density at radius 2 is 2.05 bits per heavy atom. The molecule has 120 valence electrons. The Bertz CT molecular complexity index is 799. The highest BCUT2D eigenvalue weighted by Crippen LogP contribution is 2.15. The van der Waals surface area contributed by atoms with Gasteiger partial charge < -0.3 is 14.6 Å². The SMILES string of the molecule is C=CCn1c(NCCCOC)nc2c1c(=O)n(C)c(=O)n2C. The van der Waals surface area contributed by atoms with E-state index in [0.717, 1.165) is 11.0 Å². The predicted octanol–water partition coefficient (Wildman–Crippen LogP) is 0.0681. The van der Waals surface area contributed by atoms with E-state index in [1.165, 1.54) is 11.6 Å². The normalized spacial score (nSPS) is 11.0. The Labute approximate surface area is 127 Å². The number of ether oxygens (including phenoxy) is 1. The molecule has 0 bridgehead atoms. The smallest absolute Gasteiger partial charge is 0.332 e. The lowest BCUT2D eigenvalue weighted by molar-refractivity contribution is 0.197. The van der Waals surface area contributed by atoms with Gasteiger partial charge in [-0.1, -0.05) is 6.08 Å². The lowest BCUT2D eigenvalue weighted by Gasteiger charge is -2.08. The quantitative estimate of drug-likeness (QED) is 0.578. The van der Waals surface area contributed by atoms with Crippen molar-refractivity contribution in [1.82, 2.24) is 18.7 Å². The molecule has 0 unspecified atom stereocenters. The molecule has 0 aliphatic carbocycles. The second-order valence-electron chi connectivity index (χ2n) is 4.99. The summed E-state index contributed by atoms with van der Waals surface area (Å²) in [7, 11) is 4.71. The lowest BCUT2D eigenvalue weighted by Crippen LogP contribution is -2.37. The van der Waals surface area contributed by atoms with Crippen molar-refractivity contribution < 1.29 is 4.74 Å². The molecule has 2 rings (SSSR count). The van der Waals surface area contributed by atoms with Crippen molar-refractivity contribution in [2.75, 3.05) is 25.6 Å². The minimum absolute atomic E-state index is 0.364. The summed E-state index contributed by atoms with van der Waals surface area (Å²) >= 11 is 0. The van der Waals surface area contributed by atoms with Crippen LogP contribution in [0.3, 0.4) is 0 Å². The van der Waals surface area contributed by atoms with E-state index in [4.69, 9.17) is 4.74 Å². The highest BCUT2D eigenvalue weighted by molar-refractivity contribution is 5.74. The standard InChI is InChI=1S/C14H21N5O3/c1-5-8-19-10-11(16-13(19)15-7-6-9-22-4)17(2)14(21)18(3)12(10)20/h5H,1,6-9H2,2-4H3,(H,15,16). The number of nitrogens with one attached hydrogen (secondary N) is 1. The number of hydrogen-bond donors (Lipinski definition) is 1. The van der Waals surface area contributed by atoms with Gasteiger partial charge in [0.1, 0.15) is 0 Å². The number of anilines is 1. The third kappa shape index (κ3) is 2.69. The number of rotatable bonds is 7. The van der Waals surface area contributed by atoms with Crippen LogP contribution in [-0.2, 0) is 25.4 Å². The van der Waals surface area contributed by atoms with Crippen LogP contribution in [0.2, 0.25) is 0 Å². The number of hydrogen-bond acceptors (Lipinski definition) is 5. The Balaban J connectivity index is 2.57. The molecular weight excluding hydrogens is 286 g/mol. The molecule has 2 aromatic heterocycles. The first kappa shape index (κ1) is 16.0. The number of nitrogens with zero attached hydrogens (tertiary/aromatic N) is 4. The minimum Gasteiger partial charge on any atom is -0.385 e. The van der Waals surface area contributed by atoms with Gasteiger partial charge in [-0.05, 0) is 6.42 Å². The first-order chi connectivity index (χ1) is 10.5. The Morgan fingerprint density at radius 3 is 2.68 bits per heavy atom. The van der Waals surface area contributed by atoms with Gasteiger partial charge in [0.25, 0.3) is 5.56 Å². The average molecular weight is 307 g/mol. The van der Waals surface area contributed by atoms with Crippen LogP contribution in [-0.4, -0.2) is 38.9 Å². The van der Waals surface area contributed by atoms with Crippen molar-refractivity contribution in [2.45, 2.75) is 13.0 Å². The van der Waals surface area contributed by atoms with Crippen LogP contribution in [0.5, 0.6) is 0 Å². The predicted molar refractivity (Wildman–Crippen MR) is 85.4 cm³/mol. The van der Waals surface area contributed by atoms with E-state index >= 15 is 0 Å². The average Bonchev–Trinajstić information content (AvgIpc) is 2.87. The van der Waals surface area contributed by atoms with Gasteiger partial charge in [-0.2, -0.15) is 4.98 Å². The van der Waals surface area contributed by atoms with Gasteiger partial charge in [0.2, 0.25) is 5.95 Å². The maximum absolute atomic E-state index is 12.4. The first-order valence-electron chi connectivity index (χ1n) is 7.02. The monoisotopic (exact) mass is 307 g/mol. The molecule has 22 heavy (non-hydrogen) atoms. The number of imidazole rings is 1. The summed E-state index contributed by atoms with van der Waals surface area (Å²) < 4.78 is 9.19. The fourth-order valence-corrected chi connectivity index (χ4v) is 2.31. The zero-order valence-corrected chi connectivity index (χ0v) is 13.1. The zero-order chi connectivity index (χ0) is 16.3. The molecule has 0 saturated carbocycles. The van der Waals surface area contributed by atoms with E-state index in [1.807, 2.05) is 0 Å². The van der Waals surface area contributed by atoms with E-state index < -0.39 is 5.69 Å². The van der Waals surface area contributed by atoms with E-state index in [0.29, 0.717) is 36.8 Å². The Kier molecular flexibility index (Phi) is 4.81. The maximum atomic E-state index is 12.4. The van der Waals surface area contributed by atoms with Gasteiger partial charge in [-0.15, -0.1) is 6.58 Å². The zero-order valence-electron chi connectivity index (χ0n) is 13.1. The van der Waals surface area contributed by atoms with Crippen molar-refractivity contribution in [3.8, 4) is 0 Å². The van der Waals surface area contributed by atoms with Crippen LogP contribution in [0.25, 0.3) is 11.2 Å². The van der Waals surface area contributed by atoms with Crippen molar-refractivity contribution in [1.29, 1.82) is 0 Å². The molecule has 0 saturated heterocycles. The van der Waals surface area contributed by atoms with Gasteiger partial charge in [0, 0.05) is 40.9 Å². The van der Waals surface area contributed by atoms with Crippen LogP contribution >= 0.6 is 0 Å². The second-order valence-corrected chi connectivity index (χ2v) is 4.99. The molecule has 0 aliphatic heterocycles. The highest BCUT2D eigenvalue weighted by atomic mass is 16.5. The van der Waals surface area contributed by atoms with Gasteiger partial charge in [0.15, 0.2) is 11.2 Å². The summed E-state index contributed by atoms with van der Waals surface area (Å²) in [5.41, 5.74) is -0.00740.